The minimum Gasteiger partial charge on any atom is -0.373 e. The summed E-state index contributed by atoms with van der Waals surface area (Å²) in [5, 5.41) is 10.2. The van der Waals surface area contributed by atoms with Crippen molar-refractivity contribution in [2.75, 3.05) is 13.2 Å². The molecule has 4 atom stereocenters. The van der Waals surface area contributed by atoms with Gasteiger partial charge in [0.15, 0.2) is 0 Å². The van der Waals surface area contributed by atoms with Gasteiger partial charge in [-0.05, 0) is 219 Å². The number of ether oxygens (including phenoxy) is 2. The van der Waals surface area contributed by atoms with E-state index in [9.17, 15) is 0 Å². The Bertz CT molecular complexity index is 5590. The number of epoxide rings is 2. The molecule has 20 rings (SSSR count). The van der Waals surface area contributed by atoms with Gasteiger partial charge in [0.05, 0.1) is 69.6 Å². The van der Waals surface area contributed by atoms with Crippen LogP contribution in [0.1, 0.15) is 92.7 Å². The first-order valence-corrected chi connectivity index (χ1v) is 32.9. The van der Waals surface area contributed by atoms with E-state index >= 15 is 0 Å². The highest BCUT2D eigenvalue weighted by atomic mass is 16.6. The number of hydrogen-bond acceptors (Lipinski definition) is 2. The summed E-state index contributed by atoms with van der Waals surface area (Å²) in [7, 11) is 0. The maximum absolute atomic E-state index is 5.79. The highest BCUT2D eigenvalue weighted by Crippen LogP contribution is 2.58. The van der Waals surface area contributed by atoms with Crippen LogP contribution in [0, 0.1) is 5.92 Å². The number of fused-ring (bicyclic) bond motifs is 18. The van der Waals surface area contributed by atoms with Crippen molar-refractivity contribution in [3.8, 4) is 45.0 Å². The van der Waals surface area contributed by atoms with Gasteiger partial charge < -0.3 is 27.7 Å². The Balaban J connectivity index is 0.784. The molecule has 15 aromatic rings. The number of nitrogens with zero attached hydrogens (tertiary/aromatic N) is 4. The van der Waals surface area contributed by atoms with Gasteiger partial charge in [0.25, 0.3) is 0 Å². The maximum Gasteiger partial charge on any atom is 0.0850 e. The zero-order valence-corrected chi connectivity index (χ0v) is 51.4. The Kier molecular flexibility index (Phi) is 10.6. The quantitative estimate of drug-likeness (QED) is 0.135. The fraction of sp³-hybridized carbons (Fsp3) is 0.214. The third kappa shape index (κ3) is 7.40. The lowest BCUT2D eigenvalue weighted by Gasteiger charge is -2.34. The Morgan fingerprint density at radius 2 is 0.789 bits per heavy atom. The summed E-state index contributed by atoms with van der Waals surface area (Å²) in [5.41, 5.74) is 28.0. The summed E-state index contributed by atoms with van der Waals surface area (Å²) in [6.45, 7) is 11.6. The molecule has 5 aliphatic rings. The predicted octanol–water partition coefficient (Wildman–Crippen LogP) is 20.5. The third-order valence-corrected chi connectivity index (χ3v) is 22.4. The highest BCUT2D eigenvalue weighted by molar-refractivity contribution is 6.16. The molecule has 436 valence electrons. The zero-order chi connectivity index (χ0) is 59.5. The molecule has 4 aromatic heterocycles. The van der Waals surface area contributed by atoms with Crippen molar-refractivity contribution in [3.63, 3.8) is 0 Å². The fourth-order valence-electron chi connectivity index (χ4n) is 17.9. The molecule has 0 bridgehead atoms. The molecule has 3 aliphatic carbocycles. The van der Waals surface area contributed by atoms with Gasteiger partial charge >= 0.3 is 0 Å². The van der Waals surface area contributed by atoms with Gasteiger partial charge in [-0.15, -0.1) is 0 Å². The Morgan fingerprint density at radius 3 is 1.33 bits per heavy atom. The summed E-state index contributed by atoms with van der Waals surface area (Å²) in [6.07, 6.45) is 7.81. The van der Waals surface area contributed by atoms with Crippen LogP contribution in [0.3, 0.4) is 0 Å². The Labute approximate surface area is 523 Å². The molecule has 6 heterocycles. The number of para-hydroxylation sites is 2. The molecule has 4 unspecified atom stereocenters. The van der Waals surface area contributed by atoms with Gasteiger partial charge in [0.1, 0.15) is 0 Å². The molecule has 6 heteroatoms. The predicted molar refractivity (Wildman–Crippen MR) is 371 cm³/mol. The van der Waals surface area contributed by atoms with Gasteiger partial charge in [0.2, 0.25) is 0 Å². The average Bonchev–Trinajstić information content (AvgIpc) is 1.58. The van der Waals surface area contributed by atoms with Gasteiger partial charge in [-0.25, -0.2) is 0 Å². The molecule has 11 aromatic carbocycles. The number of aromatic nitrogens is 4. The van der Waals surface area contributed by atoms with Crippen molar-refractivity contribution < 1.29 is 9.47 Å². The highest BCUT2D eigenvalue weighted by Gasteiger charge is 2.47. The van der Waals surface area contributed by atoms with Crippen LogP contribution in [-0.4, -0.2) is 43.7 Å². The van der Waals surface area contributed by atoms with Crippen molar-refractivity contribution in [2.45, 2.75) is 95.2 Å². The van der Waals surface area contributed by atoms with E-state index < -0.39 is 0 Å². The molecule has 0 radical (unpaired) electrons. The second-order valence-electron chi connectivity index (χ2n) is 28.2. The van der Waals surface area contributed by atoms with E-state index in [4.69, 9.17) is 9.47 Å². The molecule has 2 saturated heterocycles. The summed E-state index contributed by atoms with van der Waals surface area (Å²) < 4.78 is 21.6. The van der Waals surface area contributed by atoms with E-state index in [0.29, 0.717) is 24.0 Å². The molecule has 0 N–H and O–H groups in total. The summed E-state index contributed by atoms with van der Waals surface area (Å²) in [5.74, 6) is 1.32. The van der Waals surface area contributed by atoms with Crippen LogP contribution < -0.4 is 0 Å². The SMILES string of the molecule is CC1(C)c2ccccc2-c2cc3c4cc(CC5CO5)ccc4n(-c4ccc5c(c4)c4cc(-c6ccc7c(c6)c6cc(-n8c9ccc(CC%10CO%10)cc9c9cc%10c(cc98)C(C)(C)C8CCCCC%108)ccc6n7-c6ccccc6)ccc4n5-c4ccccc4)c3cc21. The molecule has 6 nitrogen and oxygen atoms in total. The first-order chi connectivity index (χ1) is 44.1. The lowest BCUT2D eigenvalue weighted by molar-refractivity contribution is 0.233. The maximum atomic E-state index is 5.79. The average molecular weight is 1170 g/mol. The molecule has 0 spiro atoms. The largest absolute Gasteiger partial charge is 0.373 e. The van der Waals surface area contributed by atoms with Crippen molar-refractivity contribution in [1.29, 1.82) is 0 Å². The number of rotatable bonds is 9. The van der Waals surface area contributed by atoms with E-state index in [0.717, 1.165) is 43.1 Å². The lowest BCUT2D eigenvalue weighted by Crippen LogP contribution is -2.28. The second-order valence-corrected chi connectivity index (χ2v) is 28.2. The van der Waals surface area contributed by atoms with Gasteiger partial charge in [-0.3, -0.25) is 0 Å². The molecule has 3 fully saturated rings. The minimum atomic E-state index is -0.139. The van der Waals surface area contributed by atoms with Crippen LogP contribution in [0.2, 0.25) is 0 Å². The van der Waals surface area contributed by atoms with Crippen molar-refractivity contribution >= 4 is 87.2 Å². The van der Waals surface area contributed by atoms with Crippen molar-refractivity contribution in [3.05, 3.63) is 252 Å². The van der Waals surface area contributed by atoms with Crippen molar-refractivity contribution in [2.24, 2.45) is 5.92 Å². The van der Waals surface area contributed by atoms with Crippen molar-refractivity contribution in [1.82, 2.24) is 18.3 Å². The van der Waals surface area contributed by atoms with Crippen LogP contribution in [0.5, 0.6) is 0 Å². The Hall–Kier alpha value is -9.46. The van der Waals surface area contributed by atoms with E-state index in [1.807, 2.05) is 0 Å². The summed E-state index contributed by atoms with van der Waals surface area (Å²) in [4.78, 5) is 0. The van der Waals surface area contributed by atoms with Gasteiger partial charge in [0, 0.05) is 84.1 Å². The van der Waals surface area contributed by atoms with Gasteiger partial charge in [-0.2, -0.15) is 0 Å². The van der Waals surface area contributed by atoms with E-state index in [-0.39, 0.29) is 10.8 Å². The van der Waals surface area contributed by atoms with Gasteiger partial charge in [-0.1, -0.05) is 125 Å². The topological polar surface area (TPSA) is 44.8 Å². The fourth-order valence-corrected chi connectivity index (χ4v) is 17.9. The summed E-state index contributed by atoms with van der Waals surface area (Å²) in [6, 6.07) is 84.3. The summed E-state index contributed by atoms with van der Waals surface area (Å²) >= 11 is 0. The molecular weight excluding hydrogens is 1100 g/mol. The monoisotopic (exact) mass is 1160 g/mol. The molecule has 0 amide bonds. The molecular formula is C84H68N4O2. The standard InChI is InChI=1S/C84H68N4O2/c1-83(2)71-21-13-11-19-59(71)61-43-69-63-37-49(35-57-47-89-57)23-29-75(63)87(81(69)45-73(61)83)55-27-33-79-67(41-55)65-39-51(25-31-77(65)85(79)53-15-7-5-8-16-53)52-26-32-78-66(40-52)68-42-56(28-34-80(68)86(78)54-17-9-6-10-18-54)88-76-30-24-50(36-58-48-90-58)38-64(76)70-44-62-60-20-12-14-22-72(60)84(3,4)74(62)46-82(70)88/h5-11,13,15-19,21,23-34,37-46,57-58,60,72H,12,14,20,22,35-36,47-48H2,1-4H3. The minimum absolute atomic E-state index is 0.115. The van der Waals surface area contributed by atoms with E-state index in [2.05, 4.69) is 264 Å². The normalized spacial score (nSPS) is 19.5. The smallest absolute Gasteiger partial charge is 0.0850 e. The third-order valence-electron chi connectivity index (χ3n) is 22.4. The first kappa shape index (κ1) is 51.4. The van der Waals surface area contributed by atoms with E-state index in [1.165, 1.54) is 163 Å². The molecule has 90 heavy (non-hydrogen) atoms. The van der Waals surface area contributed by atoms with Crippen LogP contribution in [0.25, 0.3) is 132 Å². The van der Waals surface area contributed by atoms with Crippen LogP contribution >= 0.6 is 0 Å². The van der Waals surface area contributed by atoms with Crippen LogP contribution in [0.4, 0.5) is 0 Å². The van der Waals surface area contributed by atoms with E-state index in [1.54, 1.807) is 11.1 Å². The number of benzene rings is 11. The molecule has 2 aliphatic heterocycles. The second kappa shape index (κ2) is 18.6. The Morgan fingerprint density at radius 1 is 0.356 bits per heavy atom. The zero-order valence-electron chi connectivity index (χ0n) is 51.4. The number of hydrogen-bond donors (Lipinski definition) is 0. The first-order valence-electron chi connectivity index (χ1n) is 32.9. The van der Waals surface area contributed by atoms with Crippen LogP contribution in [0.15, 0.2) is 218 Å². The lowest BCUT2D eigenvalue weighted by atomic mass is 9.70. The molecule has 1 saturated carbocycles. The van der Waals surface area contributed by atoms with Crippen LogP contribution in [-0.2, 0) is 33.1 Å².